The standard InChI is InChI=1S/C24H30F2O/c1-2-3-4-6-18-9-13-20(14-10-18)21-15-11-19(12-16-21)17-27-24-22(25)7-5-8-23(24)26/h5,7-8,11-12,15-16,18,20H,2-4,6,9-10,13-14,17H2,1H3/t18-,20-. The van der Waals surface area contributed by atoms with Gasteiger partial charge in [0, 0.05) is 0 Å². The van der Waals surface area contributed by atoms with Crippen LogP contribution >= 0.6 is 0 Å². The molecule has 1 aliphatic carbocycles. The quantitative estimate of drug-likeness (QED) is 0.439. The van der Waals surface area contributed by atoms with E-state index >= 15 is 0 Å². The molecule has 0 aromatic heterocycles. The second kappa shape index (κ2) is 9.87. The molecule has 0 bridgehead atoms. The van der Waals surface area contributed by atoms with Crippen LogP contribution in [0.1, 0.15) is 75.3 Å². The van der Waals surface area contributed by atoms with Crippen molar-refractivity contribution in [3.05, 3.63) is 65.2 Å². The van der Waals surface area contributed by atoms with Crippen molar-refractivity contribution in [2.45, 2.75) is 70.8 Å². The van der Waals surface area contributed by atoms with E-state index in [9.17, 15) is 8.78 Å². The predicted molar refractivity (Wildman–Crippen MR) is 106 cm³/mol. The lowest BCUT2D eigenvalue weighted by molar-refractivity contribution is 0.274. The van der Waals surface area contributed by atoms with Crippen LogP contribution in [-0.4, -0.2) is 0 Å². The van der Waals surface area contributed by atoms with Crippen molar-refractivity contribution in [1.82, 2.24) is 0 Å². The molecule has 2 aromatic carbocycles. The molecule has 0 unspecified atom stereocenters. The van der Waals surface area contributed by atoms with E-state index in [1.165, 1.54) is 75.1 Å². The molecule has 3 heteroatoms. The van der Waals surface area contributed by atoms with Crippen LogP contribution in [0.4, 0.5) is 8.78 Å². The van der Waals surface area contributed by atoms with Crippen molar-refractivity contribution in [1.29, 1.82) is 0 Å². The van der Waals surface area contributed by atoms with Gasteiger partial charge in [-0.25, -0.2) is 8.78 Å². The maximum absolute atomic E-state index is 13.6. The van der Waals surface area contributed by atoms with Gasteiger partial charge in [-0.1, -0.05) is 62.9 Å². The van der Waals surface area contributed by atoms with E-state index in [1.807, 2.05) is 12.1 Å². The molecule has 0 radical (unpaired) electrons. The molecule has 1 fully saturated rings. The Hall–Kier alpha value is -1.90. The lowest BCUT2D eigenvalue weighted by Crippen LogP contribution is -2.13. The van der Waals surface area contributed by atoms with E-state index in [1.54, 1.807) is 0 Å². The molecule has 0 atom stereocenters. The molecular formula is C24H30F2O. The van der Waals surface area contributed by atoms with Gasteiger partial charge in [-0.15, -0.1) is 0 Å². The number of ether oxygens (including phenoxy) is 1. The second-order valence-electron chi connectivity index (χ2n) is 7.79. The fourth-order valence-corrected chi connectivity index (χ4v) is 4.13. The molecule has 1 saturated carbocycles. The number of benzene rings is 2. The molecule has 0 heterocycles. The van der Waals surface area contributed by atoms with E-state index < -0.39 is 11.6 Å². The maximum Gasteiger partial charge on any atom is 0.191 e. The van der Waals surface area contributed by atoms with Crippen molar-refractivity contribution in [3.63, 3.8) is 0 Å². The minimum atomic E-state index is -0.665. The highest BCUT2D eigenvalue weighted by Crippen LogP contribution is 2.37. The number of halogens is 2. The van der Waals surface area contributed by atoms with E-state index in [2.05, 4.69) is 19.1 Å². The van der Waals surface area contributed by atoms with Gasteiger partial charge < -0.3 is 4.74 Å². The Morgan fingerprint density at radius 2 is 1.56 bits per heavy atom. The summed E-state index contributed by atoms with van der Waals surface area (Å²) in [5.74, 6) is -0.0739. The van der Waals surface area contributed by atoms with Gasteiger partial charge in [0.2, 0.25) is 0 Å². The Bertz CT molecular complexity index is 683. The molecule has 27 heavy (non-hydrogen) atoms. The van der Waals surface area contributed by atoms with Crippen LogP contribution in [0.25, 0.3) is 0 Å². The average molecular weight is 372 g/mol. The third-order valence-corrected chi connectivity index (χ3v) is 5.82. The molecule has 0 aliphatic heterocycles. The minimum Gasteiger partial charge on any atom is -0.483 e. The van der Waals surface area contributed by atoms with Gasteiger partial charge in [-0.05, 0) is 60.8 Å². The van der Waals surface area contributed by atoms with Gasteiger partial charge in [-0.2, -0.15) is 0 Å². The van der Waals surface area contributed by atoms with Gasteiger partial charge in [-0.3, -0.25) is 0 Å². The Balaban J connectivity index is 1.49. The average Bonchev–Trinajstić information content (AvgIpc) is 2.69. The number of unbranched alkanes of at least 4 members (excludes halogenated alkanes) is 2. The molecule has 1 nitrogen and oxygen atoms in total. The van der Waals surface area contributed by atoms with Crippen LogP contribution in [0.2, 0.25) is 0 Å². The molecule has 0 N–H and O–H groups in total. The number of para-hydroxylation sites is 1. The predicted octanol–water partition coefficient (Wildman–Crippen LogP) is 7.40. The van der Waals surface area contributed by atoms with Gasteiger partial charge in [0.15, 0.2) is 17.4 Å². The van der Waals surface area contributed by atoms with E-state index in [0.717, 1.165) is 11.5 Å². The van der Waals surface area contributed by atoms with Crippen molar-refractivity contribution >= 4 is 0 Å². The Morgan fingerprint density at radius 3 is 2.19 bits per heavy atom. The molecule has 0 amide bonds. The summed E-state index contributed by atoms with van der Waals surface area (Å²) >= 11 is 0. The first-order valence-corrected chi connectivity index (χ1v) is 10.3. The van der Waals surface area contributed by atoms with E-state index in [4.69, 9.17) is 4.74 Å². The zero-order valence-corrected chi connectivity index (χ0v) is 16.2. The fraction of sp³-hybridized carbons (Fsp3) is 0.500. The topological polar surface area (TPSA) is 9.23 Å². The van der Waals surface area contributed by atoms with Gasteiger partial charge in [0.05, 0.1) is 0 Å². The summed E-state index contributed by atoms with van der Waals surface area (Å²) in [4.78, 5) is 0. The molecule has 0 saturated heterocycles. The highest BCUT2D eigenvalue weighted by molar-refractivity contribution is 5.28. The molecular weight excluding hydrogens is 342 g/mol. The van der Waals surface area contributed by atoms with Crippen LogP contribution in [0.3, 0.4) is 0 Å². The monoisotopic (exact) mass is 372 g/mol. The van der Waals surface area contributed by atoms with E-state index in [0.29, 0.717) is 5.92 Å². The van der Waals surface area contributed by atoms with Crippen LogP contribution in [0, 0.1) is 17.6 Å². The van der Waals surface area contributed by atoms with Gasteiger partial charge in [0.25, 0.3) is 0 Å². The lowest BCUT2D eigenvalue weighted by atomic mass is 9.77. The maximum atomic E-state index is 13.6. The third-order valence-electron chi connectivity index (χ3n) is 5.82. The minimum absolute atomic E-state index is 0.169. The summed E-state index contributed by atoms with van der Waals surface area (Å²) in [5.41, 5.74) is 2.30. The molecule has 146 valence electrons. The van der Waals surface area contributed by atoms with Crippen molar-refractivity contribution < 1.29 is 13.5 Å². The third kappa shape index (κ3) is 5.54. The van der Waals surface area contributed by atoms with Crippen LogP contribution in [0.5, 0.6) is 5.75 Å². The molecule has 2 aromatic rings. The first-order valence-electron chi connectivity index (χ1n) is 10.3. The second-order valence-corrected chi connectivity index (χ2v) is 7.79. The highest BCUT2D eigenvalue weighted by Gasteiger charge is 2.22. The van der Waals surface area contributed by atoms with Crippen molar-refractivity contribution in [2.24, 2.45) is 5.92 Å². The number of hydrogen-bond donors (Lipinski definition) is 0. The van der Waals surface area contributed by atoms with E-state index in [-0.39, 0.29) is 12.4 Å². The summed E-state index contributed by atoms with van der Waals surface area (Å²) in [6.45, 7) is 2.43. The Labute approximate surface area is 161 Å². The summed E-state index contributed by atoms with van der Waals surface area (Å²) in [5, 5.41) is 0. The van der Waals surface area contributed by atoms with Crippen LogP contribution in [0.15, 0.2) is 42.5 Å². The zero-order chi connectivity index (χ0) is 19.1. The first-order chi connectivity index (χ1) is 13.2. The summed E-state index contributed by atoms with van der Waals surface area (Å²) < 4.78 is 32.6. The lowest BCUT2D eigenvalue weighted by Gasteiger charge is -2.29. The van der Waals surface area contributed by atoms with Gasteiger partial charge in [0.1, 0.15) is 6.61 Å². The van der Waals surface area contributed by atoms with Crippen molar-refractivity contribution in [3.8, 4) is 5.75 Å². The van der Waals surface area contributed by atoms with Gasteiger partial charge >= 0.3 is 0 Å². The van der Waals surface area contributed by atoms with Crippen molar-refractivity contribution in [2.75, 3.05) is 0 Å². The smallest absolute Gasteiger partial charge is 0.191 e. The Kier molecular flexibility index (Phi) is 7.25. The zero-order valence-electron chi connectivity index (χ0n) is 16.2. The molecule has 0 spiro atoms. The highest BCUT2D eigenvalue weighted by atomic mass is 19.1. The van der Waals surface area contributed by atoms with Crippen LogP contribution in [-0.2, 0) is 6.61 Å². The molecule has 1 aliphatic rings. The summed E-state index contributed by atoms with van der Waals surface area (Å²) in [6.07, 6.45) is 10.7. The normalized spacial score (nSPS) is 19.8. The molecule has 3 rings (SSSR count). The fourth-order valence-electron chi connectivity index (χ4n) is 4.13. The SMILES string of the molecule is CCCCC[C@H]1CC[C@H](c2ccc(COc3c(F)cccc3F)cc2)CC1. The summed E-state index contributed by atoms with van der Waals surface area (Å²) in [6, 6.07) is 12.1. The number of rotatable bonds is 8. The Morgan fingerprint density at radius 1 is 0.889 bits per heavy atom. The first kappa shape index (κ1) is 19.9. The number of hydrogen-bond acceptors (Lipinski definition) is 1. The summed E-state index contributed by atoms with van der Waals surface area (Å²) in [7, 11) is 0. The largest absolute Gasteiger partial charge is 0.483 e. The van der Waals surface area contributed by atoms with Crippen LogP contribution < -0.4 is 4.74 Å².